The summed E-state index contributed by atoms with van der Waals surface area (Å²) in [5, 5.41) is 2.69. The van der Waals surface area contributed by atoms with Crippen LogP contribution in [0.3, 0.4) is 0 Å². The minimum absolute atomic E-state index is 0.0239. The van der Waals surface area contributed by atoms with Gasteiger partial charge in [0.25, 0.3) is 0 Å². The summed E-state index contributed by atoms with van der Waals surface area (Å²) >= 11 is 5.41. The molecule has 1 amide bonds. The molecule has 0 spiro atoms. The van der Waals surface area contributed by atoms with Crippen LogP contribution < -0.4 is 5.32 Å². The highest BCUT2D eigenvalue weighted by atomic mass is 35.5. The minimum atomic E-state index is -0.189. The zero-order chi connectivity index (χ0) is 12.3. The Bertz CT molecular complexity index is 434. The van der Waals surface area contributed by atoms with Crippen LogP contribution in [0.1, 0.15) is 35.6 Å². The van der Waals surface area contributed by atoms with Crippen molar-refractivity contribution in [2.45, 2.75) is 39.2 Å². The fourth-order valence-electron chi connectivity index (χ4n) is 2.15. The van der Waals surface area contributed by atoms with Crippen molar-refractivity contribution in [3.63, 3.8) is 0 Å². The van der Waals surface area contributed by atoms with E-state index in [4.69, 9.17) is 11.6 Å². The van der Waals surface area contributed by atoms with E-state index in [0.29, 0.717) is 12.4 Å². The molecule has 1 aliphatic carbocycles. The average Bonchev–Trinajstić information content (AvgIpc) is 2.36. The number of fused-ring (bicyclic) bond motifs is 1. The minimum Gasteiger partial charge on any atom is -0.348 e. The van der Waals surface area contributed by atoms with Crippen molar-refractivity contribution in [1.29, 1.82) is 0 Å². The maximum absolute atomic E-state index is 11.1. The smallest absolute Gasteiger partial charge is 0.235 e. The first-order chi connectivity index (χ1) is 8.20. The van der Waals surface area contributed by atoms with E-state index in [9.17, 15) is 4.79 Å². The molecule has 0 atom stereocenters. The lowest BCUT2D eigenvalue weighted by atomic mass is 9.95. The van der Waals surface area contributed by atoms with Crippen LogP contribution in [-0.4, -0.2) is 21.8 Å². The lowest BCUT2D eigenvalue weighted by Crippen LogP contribution is -2.25. The normalized spacial score (nSPS) is 14.2. The van der Waals surface area contributed by atoms with Crippen molar-refractivity contribution in [3.05, 3.63) is 22.8 Å². The third-order valence-corrected chi connectivity index (χ3v) is 3.24. The van der Waals surface area contributed by atoms with Crippen LogP contribution in [0, 0.1) is 6.92 Å². The highest BCUT2D eigenvalue weighted by Crippen LogP contribution is 2.21. The Kier molecular flexibility index (Phi) is 3.94. The number of rotatable bonds is 3. The Morgan fingerprint density at radius 1 is 1.35 bits per heavy atom. The third kappa shape index (κ3) is 2.94. The van der Waals surface area contributed by atoms with E-state index in [0.717, 1.165) is 24.2 Å². The van der Waals surface area contributed by atoms with Gasteiger partial charge < -0.3 is 5.32 Å². The zero-order valence-electron chi connectivity index (χ0n) is 9.92. The molecule has 4 nitrogen and oxygen atoms in total. The molecule has 1 aliphatic rings. The Morgan fingerprint density at radius 2 is 2.12 bits per heavy atom. The van der Waals surface area contributed by atoms with Gasteiger partial charge >= 0.3 is 0 Å². The SMILES string of the molecule is Cc1nc(CNC(=O)CCl)nc2c1CCCC2. The Hall–Kier alpha value is -1.16. The molecule has 0 saturated heterocycles. The number of aromatic nitrogens is 2. The molecule has 1 aromatic rings. The molecule has 1 heterocycles. The van der Waals surface area contributed by atoms with E-state index in [1.54, 1.807) is 0 Å². The standard InChI is InChI=1S/C12H16ClN3O/c1-8-9-4-2-3-5-10(9)16-11(15-8)7-14-12(17)6-13/h2-7H2,1H3,(H,14,17). The average molecular weight is 254 g/mol. The van der Waals surface area contributed by atoms with Gasteiger partial charge in [-0.3, -0.25) is 4.79 Å². The van der Waals surface area contributed by atoms with Gasteiger partial charge in [-0.15, -0.1) is 11.6 Å². The van der Waals surface area contributed by atoms with Crippen LogP contribution in [0.4, 0.5) is 0 Å². The van der Waals surface area contributed by atoms with Crippen molar-refractivity contribution >= 4 is 17.5 Å². The number of amides is 1. The number of hydrogen-bond donors (Lipinski definition) is 1. The predicted molar refractivity (Wildman–Crippen MR) is 66.0 cm³/mol. The number of nitrogens with one attached hydrogen (secondary N) is 1. The number of alkyl halides is 1. The molecule has 0 aromatic carbocycles. The van der Waals surface area contributed by atoms with E-state index >= 15 is 0 Å². The van der Waals surface area contributed by atoms with Crippen molar-refractivity contribution in [1.82, 2.24) is 15.3 Å². The highest BCUT2D eigenvalue weighted by Gasteiger charge is 2.15. The number of nitrogens with zero attached hydrogens (tertiary/aromatic N) is 2. The first-order valence-corrected chi connectivity index (χ1v) is 6.42. The first-order valence-electron chi connectivity index (χ1n) is 5.88. The number of halogens is 1. The molecule has 0 bridgehead atoms. The van der Waals surface area contributed by atoms with Gasteiger partial charge in [0.2, 0.25) is 5.91 Å². The summed E-state index contributed by atoms with van der Waals surface area (Å²) in [6, 6.07) is 0. The van der Waals surface area contributed by atoms with Gasteiger partial charge in [-0.05, 0) is 38.2 Å². The molecule has 17 heavy (non-hydrogen) atoms. The molecule has 1 N–H and O–H groups in total. The fourth-order valence-corrected chi connectivity index (χ4v) is 2.24. The summed E-state index contributed by atoms with van der Waals surface area (Å²) in [4.78, 5) is 20.0. The van der Waals surface area contributed by atoms with E-state index < -0.39 is 0 Å². The van der Waals surface area contributed by atoms with Crippen LogP contribution in [0.2, 0.25) is 0 Å². The molecule has 0 radical (unpaired) electrons. The fraction of sp³-hybridized carbons (Fsp3) is 0.583. The first kappa shape index (κ1) is 12.3. The quantitative estimate of drug-likeness (QED) is 0.831. The molecule has 0 unspecified atom stereocenters. The number of aryl methyl sites for hydroxylation is 2. The highest BCUT2D eigenvalue weighted by molar-refractivity contribution is 6.27. The third-order valence-electron chi connectivity index (χ3n) is 3.00. The Labute approximate surface area is 106 Å². The molecule has 1 aromatic heterocycles. The lowest BCUT2D eigenvalue weighted by molar-refractivity contribution is -0.118. The van der Waals surface area contributed by atoms with Crippen LogP contribution in [0.25, 0.3) is 0 Å². The van der Waals surface area contributed by atoms with Gasteiger partial charge in [-0.25, -0.2) is 9.97 Å². The maximum Gasteiger partial charge on any atom is 0.235 e. The van der Waals surface area contributed by atoms with Gasteiger partial charge in [-0.2, -0.15) is 0 Å². The van der Waals surface area contributed by atoms with Gasteiger partial charge in [-0.1, -0.05) is 0 Å². The summed E-state index contributed by atoms with van der Waals surface area (Å²) in [5.74, 6) is 0.469. The molecular weight excluding hydrogens is 238 g/mol. The molecule has 92 valence electrons. The summed E-state index contributed by atoms with van der Waals surface area (Å²) in [5.41, 5.74) is 3.49. The molecule has 2 rings (SSSR count). The summed E-state index contributed by atoms with van der Waals surface area (Å²) in [6.07, 6.45) is 4.51. The Morgan fingerprint density at radius 3 is 2.88 bits per heavy atom. The number of carbonyl (C=O) groups is 1. The van der Waals surface area contributed by atoms with Gasteiger partial charge in [0.15, 0.2) is 0 Å². The van der Waals surface area contributed by atoms with Gasteiger partial charge in [0.05, 0.1) is 6.54 Å². The maximum atomic E-state index is 11.1. The second-order valence-corrected chi connectivity index (χ2v) is 4.54. The molecule has 5 heteroatoms. The lowest BCUT2D eigenvalue weighted by Gasteiger charge is -2.17. The number of hydrogen-bond acceptors (Lipinski definition) is 3. The predicted octanol–water partition coefficient (Wildman–Crippen LogP) is 1.52. The van der Waals surface area contributed by atoms with Crippen molar-refractivity contribution in [2.24, 2.45) is 0 Å². The second kappa shape index (κ2) is 5.45. The molecular formula is C12H16ClN3O. The molecule has 0 saturated carbocycles. The molecule has 0 aliphatic heterocycles. The van der Waals surface area contributed by atoms with E-state index in [1.807, 2.05) is 6.92 Å². The van der Waals surface area contributed by atoms with E-state index in [1.165, 1.54) is 18.4 Å². The van der Waals surface area contributed by atoms with E-state index in [2.05, 4.69) is 15.3 Å². The van der Waals surface area contributed by atoms with Crippen molar-refractivity contribution in [2.75, 3.05) is 5.88 Å². The summed E-state index contributed by atoms with van der Waals surface area (Å²) < 4.78 is 0. The topological polar surface area (TPSA) is 54.9 Å². The Balaban J connectivity index is 2.13. The van der Waals surface area contributed by atoms with Crippen LogP contribution in [0.15, 0.2) is 0 Å². The zero-order valence-corrected chi connectivity index (χ0v) is 10.7. The second-order valence-electron chi connectivity index (χ2n) is 4.27. The van der Waals surface area contributed by atoms with E-state index in [-0.39, 0.29) is 11.8 Å². The summed E-state index contributed by atoms with van der Waals surface area (Å²) in [6.45, 7) is 2.37. The van der Waals surface area contributed by atoms with Crippen molar-refractivity contribution in [3.8, 4) is 0 Å². The van der Waals surface area contributed by atoms with Gasteiger partial charge in [0.1, 0.15) is 11.7 Å². The van der Waals surface area contributed by atoms with Crippen LogP contribution in [-0.2, 0) is 24.2 Å². The van der Waals surface area contributed by atoms with Crippen LogP contribution >= 0.6 is 11.6 Å². The van der Waals surface area contributed by atoms with Crippen LogP contribution in [0.5, 0.6) is 0 Å². The molecule has 0 fully saturated rings. The number of carbonyl (C=O) groups excluding carboxylic acids is 1. The summed E-state index contributed by atoms with van der Waals surface area (Å²) in [7, 11) is 0. The van der Waals surface area contributed by atoms with Gasteiger partial charge in [0, 0.05) is 11.4 Å². The van der Waals surface area contributed by atoms with Crippen molar-refractivity contribution < 1.29 is 4.79 Å². The monoisotopic (exact) mass is 253 g/mol. The largest absolute Gasteiger partial charge is 0.348 e.